The molecule has 0 unspecified atom stereocenters. The highest BCUT2D eigenvalue weighted by atomic mass is 35.5. The Kier molecular flexibility index (Phi) is 5.39. The van der Waals surface area contributed by atoms with E-state index in [-0.39, 0.29) is 6.79 Å². The number of rotatable bonds is 6. The number of piperidine rings is 1. The minimum absolute atomic E-state index is 0.208. The van der Waals surface area contributed by atoms with Crippen LogP contribution in [0.1, 0.15) is 37.1 Å². The van der Waals surface area contributed by atoms with Crippen molar-refractivity contribution >= 4 is 11.6 Å². The predicted molar refractivity (Wildman–Crippen MR) is 113 cm³/mol. The van der Waals surface area contributed by atoms with Crippen LogP contribution in [-0.2, 0) is 13.1 Å². The number of halogens is 1. The second-order valence-corrected chi connectivity index (χ2v) is 8.29. The van der Waals surface area contributed by atoms with Gasteiger partial charge in [-0.05, 0) is 44.9 Å². The highest BCUT2D eigenvalue weighted by Crippen LogP contribution is 2.41. The summed E-state index contributed by atoms with van der Waals surface area (Å²) >= 11 is 6.45. The Morgan fingerprint density at radius 2 is 2.07 bits per heavy atom. The standard InChI is InChI=1S/C22H25ClN4O3/c1-15-19(13-26-8-3-2-5-16(26)6-10-27-9-4-7-24-27)25-22(30-15)17-11-20-21(12-18(17)23)29-14-28-20/h4,7,9,11-12,16H,2-3,5-6,8,10,13-14H2,1H3/t16-/m0/s1. The van der Waals surface area contributed by atoms with Gasteiger partial charge in [0.25, 0.3) is 0 Å². The quantitative estimate of drug-likeness (QED) is 0.568. The summed E-state index contributed by atoms with van der Waals surface area (Å²) in [5, 5.41) is 4.88. The topological polar surface area (TPSA) is 65.6 Å². The van der Waals surface area contributed by atoms with Crippen LogP contribution in [0.4, 0.5) is 0 Å². The van der Waals surface area contributed by atoms with Crippen molar-refractivity contribution in [3.05, 3.63) is 47.1 Å². The van der Waals surface area contributed by atoms with E-state index in [0.717, 1.165) is 43.1 Å². The molecule has 2 aliphatic rings. The lowest BCUT2D eigenvalue weighted by Gasteiger charge is -2.35. The van der Waals surface area contributed by atoms with Gasteiger partial charge < -0.3 is 13.9 Å². The van der Waals surface area contributed by atoms with Gasteiger partial charge in [-0.2, -0.15) is 5.10 Å². The van der Waals surface area contributed by atoms with Crippen LogP contribution >= 0.6 is 11.6 Å². The first-order valence-electron chi connectivity index (χ1n) is 10.4. The average Bonchev–Trinajstić information content (AvgIpc) is 3.48. The van der Waals surface area contributed by atoms with E-state index in [1.165, 1.54) is 19.3 Å². The molecule has 0 bridgehead atoms. The van der Waals surface area contributed by atoms with Gasteiger partial charge >= 0.3 is 0 Å². The van der Waals surface area contributed by atoms with Gasteiger partial charge in [0.1, 0.15) is 5.76 Å². The molecule has 2 aromatic heterocycles. The Balaban J connectivity index is 1.33. The monoisotopic (exact) mass is 428 g/mol. The molecule has 0 aliphatic carbocycles. The lowest BCUT2D eigenvalue weighted by molar-refractivity contribution is 0.125. The van der Waals surface area contributed by atoms with Crippen LogP contribution in [0.3, 0.4) is 0 Å². The summed E-state index contributed by atoms with van der Waals surface area (Å²) in [5.74, 6) is 2.67. The van der Waals surface area contributed by atoms with E-state index in [4.69, 9.17) is 30.5 Å². The molecule has 1 fully saturated rings. The third kappa shape index (κ3) is 3.91. The molecule has 30 heavy (non-hydrogen) atoms. The molecule has 158 valence electrons. The SMILES string of the molecule is Cc1oc(-c2cc3c(cc2Cl)OCO3)nc1CN1CCCC[C@H]1CCn1cccn1. The molecule has 1 saturated heterocycles. The van der Waals surface area contributed by atoms with Crippen LogP contribution in [0.15, 0.2) is 35.0 Å². The minimum atomic E-state index is 0.208. The van der Waals surface area contributed by atoms with Crippen LogP contribution in [-0.4, -0.2) is 39.0 Å². The van der Waals surface area contributed by atoms with Crippen molar-refractivity contribution < 1.29 is 13.9 Å². The normalized spacial score (nSPS) is 18.8. The zero-order valence-corrected chi connectivity index (χ0v) is 17.8. The zero-order chi connectivity index (χ0) is 20.5. The molecule has 8 heteroatoms. The molecule has 0 N–H and O–H groups in total. The highest BCUT2D eigenvalue weighted by Gasteiger charge is 2.26. The molecule has 1 atom stereocenters. The van der Waals surface area contributed by atoms with Gasteiger partial charge in [-0.25, -0.2) is 4.98 Å². The zero-order valence-electron chi connectivity index (χ0n) is 17.0. The maximum Gasteiger partial charge on any atom is 0.231 e. The smallest absolute Gasteiger partial charge is 0.231 e. The lowest BCUT2D eigenvalue weighted by atomic mass is 9.99. The summed E-state index contributed by atoms with van der Waals surface area (Å²) in [6.45, 7) is 4.97. The van der Waals surface area contributed by atoms with Crippen molar-refractivity contribution in [1.29, 1.82) is 0 Å². The van der Waals surface area contributed by atoms with E-state index >= 15 is 0 Å². The first-order valence-corrected chi connectivity index (χ1v) is 10.8. The molecule has 1 aromatic carbocycles. The van der Waals surface area contributed by atoms with Gasteiger partial charge in [0.2, 0.25) is 12.7 Å². The molecule has 0 amide bonds. The van der Waals surface area contributed by atoms with Gasteiger partial charge in [0, 0.05) is 37.6 Å². The number of benzene rings is 1. The molecule has 0 saturated carbocycles. The van der Waals surface area contributed by atoms with Crippen LogP contribution in [0.2, 0.25) is 5.02 Å². The van der Waals surface area contributed by atoms with Crippen LogP contribution in [0.25, 0.3) is 11.5 Å². The van der Waals surface area contributed by atoms with E-state index in [2.05, 4.69) is 10.00 Å². The maximum absolute atomic E-state index is 6.45. The summed E-state index contributed by atoms with van der Waals surface area (Å²) in [7, 11) is 0. The number of oxazole rings is 1. The lowest BCUT2D eigenvalue weighted by Crippen LogP contribution is -2.39. The number of hydrogen-bond donors (Lipinski definition) is 0. The van der Waals surface area contributed by atoms with E-state index in [1.807, 2.05) is 36.1 Å². The average molecular weight is 429 g/mol. The number of aryl methyl sites for hydroxylation is 2. The fourth-order valence-electron chi connectivity index (χ4n) is 4.27. The van der Waals surface area contributed by atoms with E-state index in [1.54, 1.807) is 6.07 Å². The maximum atomic E-state index is 6.45. The van der Waals surface area contributed by atoms with E-state index in [9.17, 15) is 0 Å². The summed E-state index contributed by atoms with van der Waals surface area (Å²) in [5.41, 5.74) is 1.69. The van der Waals surface area contributed by atoms with Gasteiger partial charge in [0.15, 0.2) is 11.5 Å². The van der Waals surface area contributed by atoms with Gasteiger partial charge in [-0.3, -0.25) is 9.58 Å². The minimum Gasteiger partial charge on any atom is -0.454 e. The first kappa shape index (κ1) is 19.5. The third-order valence-electron chi connectivity index (χ3n) is 5.94. The highest BCUT2D eigenvalue weighted by molar-refractivity contribution is 6.33. The van der Waals surface area contributed by atoms with Crippen LogP contribution in [0, 0.1) is 6.92 Å². The van der Waals surface area contributed by atoms with Gasteiger partial charge in [-0.1, -0.05) is 18.0 Å². The molecule has 7 nitrogen and oxygen atoms in total. The van der Waals surface area contributed by atoms with Crippen molar-refractivity contribution in [2.75, 3.05) is 13.3 Å². The number of likely N-dealkylation sites (tertiary alicyclic amines) is 1. The van der Waals surface area contributed by atoms with E-state index in [0.29, 0.717) is 28.5 Å². The second kappa shape index (κ2) is 8.32. The molecular weight excluding hydrogens is 404 g/mol. The molecule has 3 aromatic rings. The Morgan fingerprint density at radius 3 is 2.90 bits per heavy atom. The Labute approximate surface area is 180 Å². The fraction of sp³-hybridized carbons (Fsp3) is 0.455. The Hall–Kier alpha value is -2.51. The van der Waals surface area contributed by atoms with Gasteiger partial charge in [-0.15, -0.1) is 0 Å². The van der Waals surface area contributed by atoms with Crippen molar-refractivity contribution in [1.82, 2.24) is 19.7 Å². The largest absolute Gasteiger partial charge is 0.454 e. The van der Waals surface area contributed by atoms with Crippen molar-refractivity contribution in [2.45, 2.75) is 51.7 Å². The predicted octanol–water partition coefficient (Wildman–Crippen LogP) is 4.67. The summed E-state index contributed by atoms with van der Waals surface area (Å²) < 4.78 is 18.9. The second-order valence-electron chi connectivity index (χ2n) is 7.89. The summed E-state index contributed by atoms with van der Waals surface area (Å²) in [6.07, 6.45) is 8.64. The summed E-state index contributed by atoms with van der Waals surface area (Å²) in [4.78, 5) is 7.33. The number of hydrogen-bond acceptors (Lipinski definition) is 6. The van der Waals surface area contributed by atoms with Crippen LogP contribution in [0.5, 0.6) is 11.5 Å². The Bertz CT molecular complexity index is 1020. The molecule has 0 spiro atoms. The number of aromatic nitrogens is 3. The molecular formula is C22H25ClN4O3. The van der Waals surface area contributed by atoms with Crippen LogP contribution < -0.4 is 9.47 Å². The Morgan fingerprint density at radius 1 is 1.20 bits per heavy atom. The van der Waals surface area contributed by atoms with Crippen molar-refractivity contribution in [3.63, 3.8) is 0 Å². The fourth-order valence-corrected chi connectivity index (χ4v) is 4.51. The number of fused-ring (bicyclic) bond motifs is 1. The van der Waals surface area contributed by atoms with Crippen molar-refractivity contribution in [3.8, 4) is 23.0 Å². The molecule has 5 rings (SSSR count). The molecule has 0 radical (unpaired) electrons. The van der Waals surface area contributed by atoms with E-state index < -0.39 is 0 Å². The molecule has 2 aliphatic heterocycles. The number of nitrogens with zero attached hydrogens (tertiary/aromatic N) is 4. The number of ether oxygens (including phenoxy) is 2. The first-order chi connectivity index (χ1) is 14.7. The van der Waals surface area contributed by atoms with Gasteiger partial charge in [0.05, 0.1) is 16.3 Å². The van der Waals surface area contributed by atoms with Crippen molar-refractivity contribution in [2.24, 2.45) is 0 Å². The third-order valence-corrected chi connectivity index (χ3v) is 6.25. The summed E-state index contributed by atoms with van der Waals surface area (Å²) in [6, 6.07) is 6.10. The molecule has 4 heterocycles.